The Morgan fingerprint density at radius 1 is 1.30 bits per heavy atom. The number of Topliss-reactive ketones (excluding diaryl/α,β-unsaturated/α-hetero) is 1. The summed E-state index contributed by atoms with van der Waals surface area (Å²) in [6.45, 7) is 4.05. The number of hydrazine groups is 1. The molecule has 1 atom stereocenters. The quantitative estimate of drug-likeness (QED) is 0.838. The van der Waals surface area contributed by atoms with Crippen LogP contribution in [0.5, 0.6) is 0 Å². The lowest BCUT2D eigenvalue weighted by atomic mass is 9.98. The van der Waals surface area contributed by atoms with Crippen molar-refractivity contribution < 1.29 is 14.3 Å². The molecule has 0 radical (unpaired) electrons. The van der Waals surface area contributed by atoms with Gasteiger partial charge < -0.3 is 4.74 Å². The third-order valence-electron chi connectivity index (χ3n) is 3.65. The first-order valence-electron chi connectivity index (χ1n) is 6.53. The van der Waals surface area contributed by atoms with Gasteiger partial charge in [0.05, 0.1) is 13.2 Å². The van der Waals surface area contributed by atoms with E-state index in [-0.39, 0.29) is 11.7 Å². The van der Waals surface area contributed by atoms with Crippen molar-refractivity contribution in [3.63, 3.8) is 0 Å². The monoisotopic (exact) mass is 272 g/mol. The lowest BCUT2D eigenvalue weighted by Gasteiger charge is -2.15. The summed E-state index contributed by atoms with van der Waals surface area (Å²) in [5.41, 5.74) is 4.42. The number of hydrogen-bond donors (Lipinski definition) is 1. The van der Waals surface area contributed by atoms with E-state index in [0.29, 0.717) is 18.8 Å². The maximum Gasteiger partial charge on any atom is 0.238 e. The van der Waals surface area contributed by atoms with Crippen molar-refractivity contribution in [2.75, 3.05) is 13.2 Å². The van der Waals surface area contributed by atoms with Gasteiger partial charge in [-0.25, -0.2) is 0 Å². The molecule has 1 fully saturated rings. The smallest absolute Gasteiger partial charge is 0.238 e. The highest BCUT2D eigenvalue weighted by Gasteiger charge is 2.50. The molecule has 2 aliphatic rings. The Kier molecular flexibility index (Phi) is 2.87. The largest absolute Gasteiger partial charge is 0.361 e. The van der Waals surface area contributed by atoms with Crippen LogP contribution in [0.4, 0.5) is 0 Å². The predicted octanol–water partition coefficient (Wildman–Crippen LogP) is 1.12. The van der Waals surface area contributed by atoms with E-state index in [2.05, 4.69) is 5.43 Å². The SMILES string of the molecule is CC(=O)N1CC(c2ccccc2)=C(C(=O)[C@]2(C)CO2)N1. The molecule has 2 aliphatic heterocycles. The molecule has 1 saturated heterocycles. The van der Waals surface area contributed by atoms with Crippen molar-refractivity contribution in [3.05, 3.63) is 41.6 Å². The minimum absolute atomic E-state index is 0.0971. The molecule has 1 aromatic rings. The summed E-state index contributed by atoms with van der Waals surface area (Å²) in [4.78, 5) is 24.0. The molecule has 3 rings (SSSR count). The zero-order valence-corrected chi connectivity index (χ0v) is 11.5. The van der Waals surface area contributed by atoms with E-state index in [9.17, 15) is 9.59 Å². The van der Waals surface area contributed by atoms with Gasteiger partial charge >= 0.3 is 0 Å². The van der Waals surface area contributed by atoms with Gasteiger partial charge in [-0.3, -0.25) is 20.0 Å². The number of epoxide rings is 1. The van der Waals surface area contributed by atoms with Gasteiger partial charge in [-0.15, -0.1) is 0 Å². The summed E-state index contributed by atoms with van der Waals surface area (Å²) in [6.07, 6.45) is 0. The van der Waals surface area contributed by atoms with Crippen LogP contribution in [0.2, 0.25) is 0 Å². The normalized spacial score (nSPS) is 24.6. The second kappa shape index (κ2) is 4.45. The van der Waals surface area contributed by atoms with Gasteiger partial charge in [0.1, 0.15) is 5.70 Å². The lowest BCUT2D eigenvalue weighted by molar-refractivity contribution is -0.130. The fourth-order valence-corrected chi connectivity index (χ4v) is 2.24. The third-order valence-corrected chi connectivity index (χ3v) is 3.65. The van der Waals surface area contributed by atoms with E-state index in [1.807, 2.05) is 30.3 Å². The third kappa shape index (κ3) is 2.10. The average molecular weight is 272 g/mol. The van der Waals surface area contributed by atoms with Crippen molar-refractivity contribution >= 4 is 17.3 Å². The molecule has 0 bridgehead atoms. The number of amides is 1. The number of rotatable bonds is 3. The van der Waals surface area contributed by atoms with Crippen LogP contribution in [-0.2, 0) is 14.3 Å². The van der Waals surface area contributed by atoms with Crippen LogP contribution in [-0.4, -0.2) is 35.5 Å². The fourth-order valence-electron chi connectivity index (χ4n) is 2.24. The number of carbonyl (C=O) groups excluding carboxylic acids is 2. The molecule has 2 heterocycles. The first-order chi connectivity index (χ1) is 9.51. The zero-order valence-electron chi connectivity index (χ0n) is 11.5. The van der Waals surface area contributed by atoms with Crippen molar-refractivity contribution in [3.8, 4) is 0 Å². The molecule has 0 aromatic heterocycles. The van der Waals surface area contributed by atoms with Crippen LogP contribution in [0.15, 0.2) is 36.0 Å². The summed E-state index contributed by atoms with van der Waals surface area (Å²) in [5, 5.41) is 1.45. The van der Waals surface area contributed by atoms with Gasteiger partial charge in [-0.2, -0.15) is 0 Å². The Balaban J connectivity index is 1.99. The molecule has 0 aliphatic carbocycles. The number of benzene rings is 1. The molecule has 5 heteroatoms. The molecule has 1 aromatic carbocycles. The van der Waals surface area contributed by atoms with Crippen molar-refractivity contribution in [1.82, 2.24) is 10.4 Å². The van der Waals surface area contributed by atoms with Gasteiger partial charge in [0.2, 0.25) is 11.7 Å². The van der Waals surface area contributed by atoms with E-state index in [4.69, 9.17) is 4.74 Å². The summed E-state index contributed by atoms with van der Waals surface area (Å²) in [5.74, 6) is -0.219. The predicted molar refractivity (Wildman–Crippen MR) is 73.2 cm³/mol. The van der Waals surface area contributed by atoms with Crippen LogP contribution >= 0.6 is 0 Å². The van der Waals surface area contributed by atoms with Gasteiger partial charge in [-0.1, -0.05) is 30.3 Å². The van der Waals surface area contributed by atoms with E-state index >= 15 is 0 Å². The first-order valence-corrected chi connectivity index (χ1v) is 6.53. The highest BCUT2D eigenvalue weighted by atomic mass is 16.6. The van der Waals surface area contributed by atoms with E-state index in [0.717, 1.165) is 11.1 Å². The van der Waals surface area contributed by atoms with Crippen molar-refractivity contribution in [1.29, 1.82) is 0 Å². The van der Waals surface area contributed by atoms with Gasteiger partial charge in [0.15, 0.2) is 5.60 Å². The number of ether oxygens (including phenoxy) is 1. The second-order valence-corrected chi connectivity index (χ2v) is 5.29. The van der Waals surface area contributed by atoms with Crippen LogP contribution in [0.25, 0.3) is 5.57 Å². The minimum Gasteiger partial charge on any atom is -0.361 e. The standard InChI is InChI=1S/C15H16N2O3/c1-10(18)17-8-12(11-6-4-3-5-7-11)13(16-17)14(19)15(2)9-20-15/h3-7,16H,8-9H2,1-2H3/t15-/m0/s1. The van der Waals surface area contributed by atoms with Crippen LogP contribution < -0.4 is 5.43 Å². The van der Waals surface area contributed by atoms with Gasteiger partial charge in [-0.05, 0) is 12.5 Å². The molecule has 20 heavy (non-hydrogen) atoms. The van der Waals surface area contributed by atoms with Crippen LogP contribution in [0.1, 0.15) is 19.4 Å². The second-order valence-electron chi connectivity index (χ2n) is 5.29. The number of carbonyl (C=O) groups is 2. The molecule has 5 nitrogen and oxygen atoms in total. The number of nitrogens with zero attached hydrogens (tertiary/aromatic N) is 1. The van der Waals surface area contributed by atoms with E-state index in [1.165, 1.54) is 11.9 Å². The fraction of sp³-hybridized carbons (Fsp3) is 0.333. The van der Waals surface area contributed by atoms with Crippen LogP contribution in [0.3, 0.4) is 0 Å². The number of nitrogens with one attached hydrogen (secondary N) is 1. The van der Waals surface area contributed by atoms with Gasteiger partial charge in [0.25, 0.3) is 0 Å². The summed E-state index contributed by atoms with van der Waals surface area (Å²) in [6, 6.07) is 9.61. The summed E-state index contributed by atoms with van der Waals surface area (Å²) < 4.78 is 5.22. The molecule has 1 amide bonds. The van der Waals surface area contributed by atoms with Gasteiger partial charge in [0, 0.05) is 12.5 Å². The molecule has 1 N–H and O–H groups in total. The maximum absolute atomic E-state index is 12.5. The average Bonchev–Trinajstić information content (AvgIpc) is 3.05. The maximum atomic E-state index is 12.5. The van der Waals surface area contributed by atoms with Crippen molar-refractivity contribution in [2.45, 2.75) is 19.4 Å². The molecule has 104 valence electrons. The number of ketones is 1. The Morgan fingerprint density at radius 2 is 1.95 bits per heavy atom. The highest BCUT2D eigenvalue weighted by Crippen LogP contribution is 2.34. The molecular weight excluding hydrogens is 256 g/mol. The molecule has 0 spiro atoms. The lowest BCUT2D eigenvalue weighted by Crippen LogP contribution is -2.39. The minimum atomic E-state index is -0.741. The molecular formula is C15H16N2O3. The van der Waals surface area contributed by atoms with E-state index in [1.54, 1.807) is 6.92 Å². The highest BCUT2D eigenvalue weighted by molar-refractivity contribution is 6.09. The van der Waals surface area contributed by atoms with E-state index < -0.39 is 5.60 Å². The number of hydrogen-bond acceptors (Lipinski definition) is 4. The van der Waals surface area contributed by atoms with Crippen molar-refractivity contribution in [2.24, 2.45) is 0 Å². The summed E-state index contributed by atoms with van der Waals surface area (Å²) >= 11 is 0. The first kappa shape index (κ1) is 12.9. The topological polar surface area (TPSA) is 61.9 Å². The zero-order chi connectivity index (χ0) is 14.3. The molecule has 0 saturated carbocycles. The Bertz CT molecular complexity index is 603. The Labute approximate surface area is 117 Å². The Hall–Kier alpha value is -2.14. The Morgan fingerprint density at radius 3 is 2.50 bits per heavy atom. The summed E-state index contributed by atoms with van der Waals surface area (Å²) in [7, 11) is 0. The van der Waals surface area contributed by atoms with Crippen LogP contribution in [0, 0.1) is 0 Å². The molecule has 0 unspecified atom stereocenters.